The number of hydrogen-bond donors (Lipinski definition) is 7. The van der Waals surface area contributed by atoms with Crippen molar-refractivity contribution in [3.63, 3.8) is 0 Å². The second-order valence-corrected chi connectivity index (χ2v) is 7.72. The Morgan fingerprint density at radius 1 is 1.50 bits per heavy atom. The number of nitrogens with zero attached hydrogens (tertiary/aromatic N) is 3. The highest BCUT2D eigenvalue weighted by molar-refractivity contribution is 7.80. The van der Waals surface area contributed by atoms with Crippen LogP contribution in [0.2, 0.25) is 0 Å². The smallest absolute Gasteiger partial charge is 0.404 e. The van der Waals surface area contributed by atoms with Crippen molar-refractivity contribution >= 4 is 28.4 Å². The van der Waals surface area contributed by atoms with Crippen LogP contribution < -0.4 is 22.5 Å². The Morgan fingerprint density at radius 2 is 2.11 bits per heavy atom. The summed E-state index contributed by atoms with van der Waals surface area (Å²) in [5, 5.41) is 37.0. The lowest BCUT2D eigenvalue weighted by molar-refractivity contribution is -0.540. The van der Waals surface area contributed by atoms with Crippen LogP contribution in [0.3, 0.4) is 0 Å². The molecule has 1 spiro atoms. The van der Waals surface area contributed by atoms with Gasteiger partial charge in [0.05, 0.1) is 0 Å². The van der Waals surface area contributed by atoms with E-state index in [0.717, 1.165) is 4.90 Å². The Bertz CT molecular complexity index is 889. The van der Waals surface area contributed by atoms with Gasteiger partial charge in [-0.25, -0.2) is 18.9 Å². The molecule has 3 aliphatic heterocycles. The molecule has 0 saturated carbocycles. The molecule has 16 nitrogen and oxygen atoms in total. The maximum atomic E-state index is 12.7. The molecule has 3 heterocycles. The molecule has 1 saturated heterocycles. The van der Waals surface area contributed by atoms with Gasteiger partial charge in [-0.3, -0.25) is 15.0 Å². The third-order valence-electron chi connectivity index (χ3n) is 5.17. The fourth-order valence-corrected chi connectivity index (χ4v) is 4.54. The predicted octanol–water partition coefficient (Wildman–Crippen LogP) is -5.15. The minimum absolute atomic E-state index is 0.203. The lowest BCUT2D eigenvalue weighted by atomic mass is 9.74. The van der Waals surface area contributed by atoms with Crippen molar-refractivity contribution in [3.05, 3.63) is 5.21 Å². The van der Waals surface area contributed by atoms with Crippen molar-refractivity contribution in [1.29, 1.82) is 0 Å². The zero-order chi connectivity index (χ0) is 21.3. The van der Waals surface area contributed by atoms with E-state index in [1.54, 1.807) is 0 Å². The van der Waals surface area contributed by atoms with Crippen molar-refractivity contribution in [2.24, 2.45) is 22.2 Å². The zero-order valence-electron chi connectivity index (χ0n) is 14.3. The molecule has 0 radical (unpaired) electrons. The lowest BCUT2D eigenvalue weighted by Crippen LogP contribution is -2.82. The number of aliphatic imine (C=N–C) groups is 1. The van der Waals surface area contributed by atoms with Gasteiger partial charge in [-0.15, -0.1) is 0 Å². The monoisotopic (exact) mass is 425 g/mol. The third-order valence-corrected chi connectivity index (χ3v) is 5.64. The Morgan fingerprint density at radius 3 is 2.64 bits per heavy atom. The maximum Gasteiger partial charge on any atom is 0.404 e. The molecule has 0 unspecified atom stereocenters. The molecule has 1 amide bonds. The van der Waals surface area contributed by atoms with E-state index in [4.69, 9.17) is 21.8 Å². The number of aliphatic hydroxyl groups is 2. The van der Waals surface area contributed by atoms with Crippen molar-refractivity contribution in [3.8, 4) is 0 Å². The number of amides is 1. The summed E-state index contributed by atoms with van der Waals surface area (Å²) in [6.07, 6.45) is -3.22. The highest BCUT2D eigenvalue weighted by Crippen LogP contribution is 2.52. The van der Waals surface area contributed by atoms with E-state index < -0.39 is 64.7 Å². The molecule has 0 aliphatic carbocycles. The number of nitrogens with two attached hydrogens (primary N) is 3. The second-order valence-electron chi connectivity index (χ2n) is 6.68. The summed E-state index contributed by atoms with van der Waals surface area (Å²) in [5.74, 6) is -4.10. The van der Waals surface area contributed by atoms with Gasteiger partial charge in [0.2, 0.25) is 0 Å². The average Bonchev–Trinajstić information content (AvgIpc) is 2.91. The molecule has 0 aromatic rings. The predicted molar refractivity (Wildman–Crippen MR) is 88.3 cm³/mol. The summed E-state index contributed by atoms with van der Waals surface area (Å²) in [6.45, 7) is -0.0249. The van der Waals surface area contributed by atoms with Crippen molar-refractivity contribution < 1.29 is 41.6 Å². The van der Waals surface area contributed by atoms with Crippen LogP contribution in [0.15, 0.2) is 4.99 Å². The van der Waals surface area contributed by atoms with E-state index >= 15 is 0 Å². The van der Waals surface area contributed by atoms with Crippen LogP contribution in [-0.4, -0.2) is 93.1 Å². The van der Waals surface area contributed by atoms with E-state index in [1.807, 2.05) is 0 Å². The summed E-state index contributed by atoms with van der Waals surface area (Å²) in [7, 11) is -5.13. The van der Waals surface area contributed by atoms with E-state index in [1.165, 1.54) is 6.92 Å². The quantitative estimate of drug-likeness (QED) is 0.0962. The zero-order valence-corrected chi connectivity index (χ0v) is 15.2. The molecule has 3 rings (SSSR count). The van der Waals surface area contributed by atoms with Gasteiger partial charge in [0.1, 0.15) is 24.7 Å². The van der Waals surface area contributed by atoms with E-state index in [9.17, 15) is 28.6 Å². The van der Waals surface area contributed by atoms with Gasteiger partial charge in [-0.1, -0.05) is 0 Å². The van der Waals surface area contributed by atoms with Crippen molar-refractivity contribution in [1.82, 2.24) is 10.2 Å². The number of carbonyl (C=O) groups excluding carboxylic acids is 1. The normalized spacial score (nSPS) is 36.4. The van der Waals surface area contributed by atoms with Gasteiger partial charge in [-0.05, 0) is 6.92 Å². The average molecular weight is 425 g/mol. The van der Waals surface area contributed by atoms with Crippen LogP contribution in [0.1, 0.15) is 6.92 Å². The van der Waals surface area contributed by atoms with Crippen LogP contribution in [0.25, 0.3) is 0 Å². The van der Waals surface area contributed by atoms with Crippen LogP contribution in [0.5, 0.6) is 0 Å². The minimum Gasteiger partial charge on any atom is -0.744 e. The van der Waals surface area contributed by atoms with E-state index in [2.05, 4.69) is 19.2 Å². The standard InChI is InChI=1S/C11H19N7O9S/c1-9-4(3-26-8(14)19)18(22)7(13)17-2-5(27-28(23,24)25)10(20,21)11(9,17)16-6(12)15-9/h4-5,20-21H,2-3,13H2,1H3,(H2,14,19)(H3,12,15,16)(H,23,24,25)/t4-,5-,9-,11-/m0/s1. The summed E-state index contributed by atoms with van der Waals surface area (Å²) in [4.78, 5) is 15.9. The summed E-state index contributed by atoms with van der Waals surface area (Å²) >= 11 is 0. The second kappa shape index (κ2) is 5.70. The SMILES string of the molecule is C[C@@]12NC(N)=N[C@]13N(C[C@H](OS(=O)(=O)O)C3(O)O)C(N)=[N+]([O-])[C@H]2COC(N)=O. The number of ether oxygens (including phenoxy) is 1. The molecular formula is C11H19N7O9S. The Hall–Kier alpha value is -2.60. The summed E-state index contributed by atoms with van der Waals surface area (Å²) in [5.41, 5.74) is 12.4. The molecule has 10 N–H and O–H groups in total. The van der Waals surface area contributed by atoms with Crippen LogP contribution in [0.4, 0.5) is 4.79 Å². The number of carbonyl (C=O) groups is 1. The van der Waals surface area contributed by atoms with Crippen LogP contribution in [0, 0.1) is 5.21 Å². The lowest BCUT2D eigenvalue weighted by Gasteiger charge is -2.52. The molecule has 17 heteroatoms. The van der Waals surface area contributed by atoms with Crippen molar-refractivity contribution in [2.45, 2.75) is 36.1 Å². The largest absolute Gasteiger partial charge is 0.744 e. The molecule has 1 fully saturated rings. The molecule has 3 aliphatic rings. The highest BCUT2D eigenvalue weighted by Gasteiger charge is 2.82. The van der Waals surface area contributed by atoms with Gasteiger partial charge in [-0.2, -0.15) is 8.42 Å². The minimum atomic E-state index is -5.13. The number of guanidine groups is 2. The van der Waals surface area contributed by atoms with Crippen LogP contribution in [-0.2, 0) is 19.3 Å². The van der Waals surface area contributed by atoms with Gasteiger partial charge in [0.25, 0.3) is 11.4 Å². The topological polar surface area (TPSA) is 262 Å². The van der Waals surface area contributed by atoms with Crippen LogP contribution >= 0.6 is 0 Å². The maximum absolute atomic E-state index is 12.7. The van der Waals surface area contributed by atoms with Gasteiger partial charge < -0.3 is 36.9 Å². The first kappa shape index (κ1) is 20.1. The molecule has 0 aromatic carbocycles. The molecule has 0 aromatic heterocycles. The van der Waals surface area contributed by atoms with Gasteiger partial charge in [0, 0.05) is 0 Å². The molecule has 0 bridgehead atoms. The van der Waals surface area contributed by atoms with Gasteiger partial charge in [0.15, 0.2) is 12.1 Å². The number of nitrogens with one attached hydrogen (secondary N) is 1. The Kier molecular flexibility index (Phi) is 4.10. The number of rotatable bonds is 4. The first-order valence-electron chi connectivity index (χ1n) is 7.70. The van der Waals surface area contributed by atoms with E-state index in [-0.39, 0.29) is 10.7 Å². The first-order valence-corrected chi connectivity index (χ1v) is 9.06. The molecular weight excluding hydrogens is 406 g/mol. The fraction of sp³-hybridized carbons (Fsp3) is 0.727. The fourth-order valence-electron chi connectivity index (χ4n) is 4.05. The molecule has 28 heavy (non-hydrogen) atoms. The number of hydrogen-bond acceptors (Lipinski definition) is 13. The summed E-state index contributed by atoms with van der Waals surface area (Å²) < 4.78 is 40.5. The first-order chi connectivity index (χ1) is 12.7. The third kappa shape index (κ3) is 2.44. The molecule has 4 atom stereocenters. The highest BCUT2D eigenvalue weighted by atomic mass is 32.3. The Balaban J connectivity index is 2.19. The van der Waals surface area contributed by atoms with Crippen molar-refractivity contribution in [2.75, 3.05) is 13.2 Å². The number of hydroxylamine groups is 1. The van der Waals surface area contributed by atoms with E-state index in [0.29, 0.717) is 0 Å². The molecule has 158 valence electrons. The Labute approximate surface area is 157 Å². The van der Waals surface area contributed by atoms with Gasteiger partial charge >= 0.3 is 22.5 Å². The summed E-state index contributed by atoms with van der Waals surface area (Å²) in [6, 6.07) is -1.43. The number of primary amides is 1.